The van der Waals surface area contributed by atoms with Crippen LogP contribution in [0.1, 0.15) is 52.0 Å². The highest BCUT2D eigenvalue weighted by Crippen LogP contribution is 2.29. The zero-order valence-electron chi connectivity index (χ0n) is 17.1. The number of nitrogens with zero attached hydrogens (tertiary/aromatic N) is 2. The summed E-state index contributed by atoms with van der Waals surface area (Å²) in [5.74, 6) is 1.31. The van der Waals surface area contributed by atoms with Crippen LogP contribution in [-0.4, -0.2) is 47.8 Å². The van der Waals surface area contributed by atoms with Gasteiger partial charge >= 0.3 is 0 Å². The average molecular weight is 371 g/mol. The predicted molar refractivity (Wildman–Crippen MR) is 108 cm³/mol. The summed E-state index contributed by atoms with van der Waals surface area (Å²) >= 11 is 0. The number of likely N-dealkylation sites (tertiary alicyclic amines) is 2. The molecule has 2 saturated heterocycles. The summed E-state index contributed by atoms with van der Waals surface area (Å²) in [5, 5.41) is 0. The smallest absolute Gasteiger partial charge is 0.237 e. The zero-order chi connectivity index (χ0) is 19.4. The molecule has 0 N–H and O–H groups in total. The third-order valence-corrected chi connectivity index (χ3v) is 6.41. The number of piperidine rings is 2. The van der Waals surface area contributed by atoms with Crippen molar-refractivity contribution in [2.24, 2.45) is 17.3 Å². The number of benzene rings is 1. The van der Waals surface area contributed by atoms with E-state index in [1.54, 1.807) is 0 Å². The summed E-state index contributed by atoms with van der Waals surface area (Å²) in [6, 6.07) is 10.6. The van der Waals surface area contributed by atoms with Crippen LogP contribution in [0.2, 0.25) is 0 Å². The number of rotatable bonds is 4. The first-order valence-electron chi connectivity index (χ1n) is 10.5. The van der Waals surface area contributed by atoms with Crippen molar-refractivity contribution in [1.82, 2.24) is 9.80 Å². The summed E-state index contributed by atoms with van der Waals surface area (Å²) in [5.41, 5.74) is 0.421. The quantitative estimate of drug-likeness (QED) is 0.757. The fourth-order valence-electron chi connectivity index (χ4n) is 4.38. The van der Waals surface area contributed by atoms with E-state index in [-0.39, 0.29) is 11.8 Å². The van der Waals surface area contributed by atoms with Gasteiger partial charge < -0.3 is 9.80 Å². The van der Waals surface area contributed by atoms with E-state index in [1.165, 1.54) is 5.56 Å². The topological polar surface area (TPSA) is 40.6 Å². The van der Waals surface area contributed by atoms with Gasteiger partial charge in [0.25, 0.3) is 0 Å². The van der Waals surface area contributed by atoms with E-state index in [0.717, 1.165) is 58.3 Å². The normalized spacial score (nSPS) is 20.0. The molecule has 27 heavy (non-hydrogen) atoms. The second-order valence-corrected chi connectivity index (χ2v) is 9.03. The van der Waals surface area contributed by atoms with Crippen LogP contribution < -0.4 is 0 Å². The van der Waals surface area contributed by atoms with Gasteiger partial charge in [-0.25, -0.2) is 0 Å². The molecule has 0 radical (unpaired) electrons. The first kappa shape index (κ1) is 19.9. The largest absolute Gasteiger partial charge is 0.342 e. The monoisotopic (exact) mass is 370 g/mol. The van der Waals surface area contributed by atoms with Crippen LogP contribution in [0.15, 0.2) is 30.3 Å². The number of carbonyl (C=O) groups is 2. The third-order valence-electron chi connectivity index (χ3n) is 6.41. The van der Waals surface area contributed by atoms with Crippen LogP contribution in [0.4, 0.5) is 0 Å². The maximum absolute atomic E-state index is 13.1. The van der Waals surface area contributed by atoms with E-state index in [0.29, 0.717) is 11.8 Å². The Morgan fingerprint density at radius 1 is 0.889 bits per heavy atom. The fourth-order valence-corrected chi connectivity index (χ4v) is 4.38. The number of hydrogen-bond acceptors (Lipinski definition) is 2. The van der Waals surface area contributed by atoms with Crippen LogP contribution >= 0.6 is 0 Å². The van der Waals surface area contributed by atoms with Gasteiger partial charge in [-0.05, 0) is 63.4 Å². The van der Waals surface area contributed by atoms with Crippen molar-refractivity contribution in [3.8, 4) is 0 Å². The van der Waals surface area contributed by atoms with E-state index in [1.807, 2.05) is 29.7 Å². The van der Waals surface area contributed by atoms with E-state index < -0.39 is 5.41 Å². The van der Waals surface area contributed by atoms with Gasteiger partial charge in [-0.1, -0.05) is 37.3 Å². The molecule has 0 saturated carbocycles. The summed E-state index contributed by atoms with van der Waals surface area (Å²) in [6.07, 6.45) is 5.21. The molecular weight excluding hydrogens is 336 g/mol. The minimum Gasteiger partial charge on any atom is -0.342 e. The van der Waals surface area contributed by atoms with Crippen LogP contribution in [0, 0.1) is 17.3 Å². The molecule has 2 fully saturated rings. The molecule has 1 aromatic rings. The lowest BCUT2D eigenvalue weighted by Crippen LogP contribution is -2.53. The molecule has 0 bridgehead atoms. The maximum atomic E-state index is 13.1. The molecule has 0 atom stereocenters. The van der Waals surface area contributed by atoms with Crippen molar-refractivity contribution in [3.63, 3.8) is 0 Å². The van der Waals surface area contributed by atoms with Gasteiger partial charge in [-0.2, -0.15) is 0 Å². The van der Waals surface area contributed by atoms with Crippen LogP contribution in [-0.2, 0) is 16.0 Å². The van der Waals surface area contributed by atoms with Crippen molar-refractivity contribution >= 4 is 11.8 Å². The molecule has 0 aromatic heterocycles. The fraction of sp³-hybridized carbons (Fsp3) is 0.652. The third kappa shape index (κ3) is 4.72. The molecule has 2 amide bonds. The molecular formula is C23H34N2O2. The molecule has 1 aromatic carbocycles. The lowest BCUT2D eigenvalue weighted by Gasteiger charge is -2.39. The average Bonchev–Trinajstić information content (AvgIpc) is 2.69. The van der Waals surface area contributed by atoms with Crippen molar-refractivity contribution in [3.05, 3.63) is 35.9 Å². The van der Waals surface area contributed by atoms with Gasteiger partial charge in [-0.3, -0.25) is 9.59 Å². The molecule has 0 spiro atoms. The summed E-state index contributed by atoms with van der Waals surface area (Å²) < 4.78 is 0. The number of amides is 2. The zero-order valence-corrected chi connectivity index (χ0v) is 17.1. The second-order valence-electron chi connectivity index (χ2n) is 9.03. The van der Waals surface area contributed by atoms with Crippen LogP contribution in [0.5, 0.6) is 0 Å². The minimum absolute atomic E-state index is 0.00397. The van der Waals surface area contributed by atoms with Crippen molar-refractivity contribution in [1.29, 1.82) is 0 Å². The second kappa shape index (κ2) is 8.45. The van der Waals surface area contributed by atoms with Crippen LogP contribution in [0.25, 0.3) is 0 Å². The summed E-state index contributed by atoms with van der Waals surface area (Å²) in [7, 11) is 0. The van der Waals surface area contributed by atoms with Crippen molar-refractivity contribution < 1.29 is 9.59 Å². The Morgan fingerprint density at radius 2 is 1.37 bits per heavy atom. The molecule has 4 nitrogen and oxygen atoms in total. The Morgan fingerprint density at radius 3 is 1.89 bits per heavy atom. The highest BCUT2D eigenvalue weighted by atomic mass is 16.2. The molecule has 148 valence electrons. The van der Waals surface area contributed by atoms with E-state index >= 15 is 0 Å². The molecule has 2 aliphatic rings. The number of carbonyl (C=O) groups excluding carboxylic acids is 2. The molecule has 2 heterocycles. The Hall–Kier alpha value is -1.84. The lowest BCUT2D eigenvalue weighted by molar-refractivity contribution is -0.155. The van der Waals surface area contributed by atoms with E-state index in [9.17, 15) is 9.59 Å². The van der Waals surface area contributed by atoms with Crippen LogP contribution in [0.3, 0.4) is 0 Å². The van der Waals surface area contributed by atoms with Gasteiger partial charge in [0.15, 0.2) is 0 Å². The Balaban J connectivity index is 1.53. The van der Waals surface area contributed by atoms with Gasteiger partial charge in [0, 0.05) is 26.2 Å². The van der Waals surface area contributed by atoms with Gasteiger partial charge in [0.2, 0.25) is 11.8 Å². The molecule has 4 heteroatoms. The predicted octanol–water partition coefficient (Wildman–Crippen LogP) is 3.75. The number of hydrogen-bond donors (Lipinski definition) is 0. The van der Waals surface area contributed by atoms with Crippen molar-refractivity contribution in [2.75, 3.05) is 26.2 Å². The molecule has 2 aliphatic heterocycles. The minimum atomic E-state index is -0.952. The summed E-state index contributed by atoms with van der Waals surface area (Å²) in [4.78, 5) is 29.9. The van der Waals surface area contributed by atoms with Crippen molar-refractivity contribution in [2.45, 2.75) is 52.9 Å². The SMILES string of the molecule is CC1CCN(C(=O)C(C)(C)C(=O)N2CCC(Cc3ccccc3)CC2)CC1. The van der Waals surface area contributed by atoms with Gasteiger partial charge in [0.1, 0.15) is 5.41 Å². The first-order chi connectivity index (χ1) is 12.9. The Bertz CT molecular complexity index is 640. The Labute approximate surface area is 163 Å². The Kier molecular flexibility index (Phi) is 6.23. The van der Waals surface area contributed by atoms with Gasteiger partial charge in [0.05, 0.1) is 0 Å². The molecule has 3 rings (SSSR count). The standard InChI is InChI=1S/C23H34N2O2/c1-18-9-13-24(14-10-18)21(26)23(2,3)22(27)25-15-11-20(12-16-25)17-19-7-5-4-6-8-19/h4-8,18,20H,9-17H2,1-3H3. The maximum Gasteiger partial charge on any atom is 0.237 e. The van der Waals surface area contributed by atoms with E-state index in [2.05, 4.69) is 31.2 Å². The first-order valence-corrected chi connectivity index (χ1v) is 10.5. The highest BCUT2D eigenvalue weighted by Gasteiger charge is 2.42. The van der Waals surface area contributed by atoms with E-state index in [4.69, 9.17) is 0 Å². The van der Waals surface area contributed by atoms with Gasteiger partial charge in [-0.15, -0.1) is 0 Å². The molecule has 0 aliphatic carbocycles. The lowest BCUT2D eigenvalue weighted by atomic mass is 9.85. The molecule has 0 unspecified atom stereocenters. The summed E-state index contributed by atoms with van der Waals surface area (Å²) in [6.45, 7) is 8.97. The highest BCUT2D eigenvalue weighted by molar-refractivity contribution is 6.04.